The van der Waals surface area contributed by atoms with Crippen LogP contribution < -0.4 is 5.32 Å². The molecular weight excluding hydrogens is 190 g/mol. The van der Waals surface area contributed by atoms with Gasteiger partial charge in [0.05, 0.1) is 11.4 Å². The van der Waals surface area contributed by atoms with Crippen molar-refractivity contribution in [2.45, 2.75) is 32.4 Å². The van der Waals surface area contributed by atoms with Gasteiger partial charge in [0, 0.05) is 18.8 Å². The van der Waals surface area contributed by atoms with Crippen molar-refractivity contribution in [3.8, 4) is 0 Å². The van der Waals surface area contributed by atoms with E-state index in [0.717, 1.165) is 0 Å². The normalized spacial score (nSPS) is 15.8. The van der Waals surface area contributed by atoms with Crippen LogP contribution in [0, 0.1) is 0 Å². The van der Waals surface area contributed by atoms with Gasteiger partial charge in [-0.1, -0.05) is 0 Å². The molecule has 0 bridgehead atoms. The number of hydrogen-bond donors (Lipinski definition) is 2. The van der Waals surface area contributed by atoms with Crippen molar-refractivity contribution in [2.75, 3.05) is 18.6 Å². The van der Waals surface area contributed by atoms with E-state index in [9.17, 15) is 13.5 Å². The van der Waals surface area contributed by atoms with E-state index in [-0.39, 0.29) is 11.8 Å². The van der Waals surface area contributed by atoms with Gasteiger partial charge in [-0.3, -0.25) is 0 Å². The van der Waals surface area contributed by atoms with Crippen LogP contribution in [0.2, 0.25) is 0 Å². The topological polar surface area (TPSA) is 66.4 Å². The van der Waals surface area contributed by atoms with E-state index in [4.69, 9.17) is 0 Å². The molecule has 0 spiro atoms. The van der Waals surface area contributed by atoms with E-state index < -0.39 is 15.4 Å². The van der Waals surface area contributed by atoms with Crippen LogP contribution in [0.3, 0.4) is 0 Å². The summed E-state index contributed by atoms with van der Waals surface area (Å²) in [6.07, 6.45) is 1.20. The molecule has 80 valence electrons. The van der Waals surface area contributed by atoms with Crippen LogP contribution in [0.25, 0.3) is 0 Å². The monoisotopic (exact) mass is 209 g/mol. The molecule has 0 fully saturated rings. The molecule has 4 nitrogen and oxygen atoms in total. The minimum Gasteiger partial charge on any atom is -0.389 e. The summed E-state index contributed by atoms with van der Waals surface area (Å²) >= 11 is 0. The SMILES string of the molecule is CC(CS(C)(=O)=O)NCC(C)(C)O. The zero-order valence-electron chi connectivity index (χ0n) is 8.66. The van der Waals surface area contributed by atoms with Gasteiger partial charge in [-0.25, -0.2) is 8.42 Å². The first-order chi connectivity index (χ1) is 5.60. The molecular formula is C8H19NO3S. The first-order valence-corrected chi connectivity index (χ1v) is 6.30. The van der Waals surface area contributed by atoms with Gasteiger partial charge in [0.1, 0.15) is 9.84 Å². The van der Waals surface area contributed by atoms with E-state index in [1.807, 2.05) is 0 Å². The molecule has 0 aliphatic heterocycles. The Kier molecular flexibility index (Phi) is 4.35. The van der Waals surface area contributed by atoms with E-state index in [1.165, 1.54) is 6.26 Å². The highest BCUT2D eigenvalue weighted by atomic mass is 32.2. The minimum atomic E-state index is -2.94. The Morgan fingerprint density at radius 2 is 1.92 bits per heavy atom. The Morgan fingerprint density at radius 1 is 1.46 bits per heavy atom. The van der Waals surface area contributed by atoms with Gasteiger partial charge < -0.3 is 10.4 Å². The third kappa shape index (κ3) is 9.79. The van der Waals surface area contributed by atoms with E-state index in [2.05, 4.69) is 5.32 Å². The summed E-state index contributed by atoms with van der Waals surface area (Å²) < 4.78 is 21.7. The molecule has 2 N–H and O–H groups in total. The molecule has 0 aromatic carbocycles. The van der Waals surface area contributed by atoms with Crippen LogP contribution in [0.15, 0.2) is 0 Å². The molecule has 0 aliphatic carbocycles. The second kappa shape index (κ2) is 4.39. The first-order valence-electron chi connectivity index (χ1n) is 4.24. The molecule has 0 heterocycles. The fourth-order valence-electron chi connectivity index (χ4n) is 0.937. The van der Waals surface area contributed by atoms with Gasteiger partial charge in [0.15, 0.2) is 0 Å². The molecule has 1 unspecified atom stereocenters. The zero-order chi connectivity index (χ0) is 10.7. The van der Waals surface area contributed by atoms with Gasteiger partial charge in [-0.15, -0.1) is 0 Å². The van der Waals surface area contributed by atoms with E-state index in [1.54, 1.807) is 20.8 Å². The van der Waals surface area contributed by atoms with Crippen LogP contribution in [0.5, 0.6) is 0 Å². The molecule has 0 amide bonds. The number of rotatable bonds is 5. The number of aliphatic hydroxyl groups is 1. The van der Waals surface area contributed by atoms with Crippen LogP contribution in [0.4, 0.5) is 0 Å². The lowest BCUT2D eigenvalue weighted by Gasteiger charge is -2.21. The Labute approximate surface area is 80.3 Å². The van der Waals surface area contributed by atoms with Crippen molar-refractivity contribution in [2.24, 2.45) is 0 Å². The van der Waals surface area contributed by atoms with Crippen LogP contribution >= 0.6 is 0 Å². The van der Waals surface area contributed by atoms with Crippen molar-refractivity contribution in [1.29, 1.82) is 0 Å². The van der Waals surface area contributed by atoms with Gasteiger partial charge in [0.25, 0.3) is 0 Å². The summed E-state index contributed by atoms with van der Waals surface area (Å²) in [6, 6.07) is -0.124. The standard InChI is InChI=1S/C8H19NO3S/c1-7(5-13(4,11)12)9-6-8(2,3)10/h7,9-10H,5-6H2,1-4H3. The smallest absolute Gasteiger partial charge is 0.148 e. The summed E-state index contributed by atoms with van der Waals surface area (Å²) in [5, 5.41) is 12.3. The zero-order valence-corrected chi connectivity index (χ0v) is 9.48. The third-order valence-electron chi connectivity index (χ3n) is 1.44. The molecule has 13 heavy (non-hydrogen) atoms. The molecule has 0 aliphatic rings. The first kappa shape index (κ1) is 12.9. The maximum atomic E-state index is 10.9. The second-order valence-electron chi connectivity index (χ2n) is 4.19. The lowest BCUT2D eigenvalue weighted by Crippen LogP contribution is -2.42. The molecule has 0 saturated heterocycles. The highest BCUT2D eigenvalue weighted by Gasteiger charge is 2.15. The average Bonchev–Trinajstić information content (AvgIpc) is 1.78. The fourth-order valence-corrected chi connectivity index (χ4v) is 1.96. The van der Waals surface area contributed by atoms with E-state index >= 15 is 0 Å². The van der Waals surface area contributed by atoms with Gasteiger partial charge in [-0.2, -0.15) is 0 Å². The third-order valence-corrected chi connectivity index (χ3v) is 2.54. The average molecular weight is 209 g/mol. The molecule has 0 aromatic heterocycles. The van der Waals surface area contributed by atoms with Gasteiger partial charge in [-0.05, 0) is 20.8 Å². The molecule has 0 rings (SSSR count). The molecule has 5 heteroatoms. The fraction of sp³-hybridized carbons (Fsp3) is 1.00. The Balaban J connectivity index is 3.84. The van der Waals surface area contributed by atoms with Crippen molar-refractivity contribution < 1.29 is 13.5 Å². The van der Waals surface area contributed by atoms with Crippen molar-refractivity contribution in [3.63, 3.8) is 0 Å². The molecule has 1 atom stereocenters. The van der Waals surface area contributed by atoms with Crippen molar-refractivity contribution >= 4 is 9.84 Å². The lowest BCUT2D eigenvalue weighted by molar-refractivity contribution is 0.0777. The molecule has 0 aromatic rings. The van der Waals surface area contributed by atoms with Crippen LogP contribution in [-0.4, -0.2) is 43.7 Å². The van der Waals surface area contributed by atoms with Crippen LogP contribution in [0.1, 0.15) is 20.8 Å². The largest absolute Gasteiger partial charge is 0.389 e. The predicted octanol–water partition coefficient (Wildman–Crippen LogP) is -0.220. The van der Waals surface area contributed by atoms with Crippen molar-refractivity contribution in [1.82, 2.24) is 5.32 Å². The van der Waals surface area contributed by atoms with Crippen molar-refractivity contribution in [3.05, 3.63) is 0 Å². The maximum Gasteiger partial charge on any atom is 0.148 e. The van der Waals surface area contributed by atoms with Gasteiger partial charge in [0.2, 0.25) is 0 Å². The summed E-state index contributed by atoms with van der Waals surface area (Å²) in [7, 11) is -2.94. The van der Waals surface area contributed by atoms with Gasteiger partial charge >= 0.3 is 0 Å². The Hall–Kier alpha value is -0.130. The quantitative estimate of drug-likeness (QED) is 0.657. The summed E-state index contributed by atoms with van der Waals surface area (Å²) in [5.74, 6) is 0.100. The number of nitrogens with one attached hydrogen (secondary N) is 1. The minimum absolute atomic E-state index is 0.100. The Morgan fingerprint density at radius 3 is 2.23 bits per heavy atom. The summed E-state index contributed by atoms with van der Waals surface area (Å²) in [5.41, 5.74) is -0.800. The highest BCUT2D eigenvalue weighted by molar-refractivity contribution is 7.90. The van der Waals surface area contributed by atoms with E-state index in [0.29, 0.717) is 6.54 Å². The lowest BCUT2D eigenvalue weighted by atomic mass is 10.1. The molecule has 0 saturated carbocycles. The number of hydrogen-bond acceptors (Lipinski definition) is 4. The summed E-state index contributed by atoms with van der Waals surface area (Å²) in [6.45, 7) is 5.52. The summed E-state index contributed by atoms with van der Waals surface area (Å²) in [4.78, 5) is 0. The van der Waals surface area contributed by atoms with Crippen LogP contribution in [-0.2, 0) is 9.84 Å². The molecule has 0 radical (unpaired) electrons. The maximum absolute atomic E-state index is 10.9. The second-order valence-corrected chi connectivity index (χ2v) is 6.37. The highest BCUT2D eigenvalue weighted by Crippen LogP contribution is 1.99. The Bertz CT molecular complexity index is 241. The number of sulfone groups is 1. The predicted molar refractivity (Wildman–Crippen MR) is 53.5 cm³/mol.